The van der Waals surface area contributed by atoms with Gasteiger partial charge in [-0.2, -0.15) is 0 Å². The van der Waals surface area contributed by atoms with Gasteiger partial charge in [-0.05, 0) is 46.5 Å². The zero-order chi connectivity index (χ0) is 26.5. The molecule has 0 bridgehead atoms. The van der Waals surface area contributed by atoms with Crippen LogP contribution in [-0.2, 0) is 5.41 Å². The van der Waals surface area contributed by atoms with E-state index in [9.17, 15) is 9.90 Å². The Kier molecular flexibility index (Phi) is 6.25. The summed E-state index contributed by atoms with van der Waals surface area (Å²) in [5.74, 6) is -0.0764. The predicted molar refractivity (Wildman–Crippen MR) is 152 cm³/mol. The number of aromatic hydroxyl groups is 1. The molecule has 4 nitrogen and oxygen atoms in total. The van der Waals surface area contributed by atoms with E-state index in [-0.39, 0.29) is 22.6 Å². The summed E-state index contributed by atoms with van der Waals surface area (Å²) in [5.41, 5.74) is 3.88. The Morgan fingerprint density at radius 3 is 2.38 bits per heavy atom. The van der Waals surface area contributed by atoms with Gasteiger partial charge in [0, 0.05) is 33.1 Å². The quantitative estimate of drug-likeness (QED) is 0.187. The van der Waals surface area contributed by atoms with Gasteiger partial charge in [0.05, 0.1) is 5.02 Å². The maximum absolute atomic E-state index is 13.6. The molecule has 5 rings (SSSR count). The highest BCUT2D eigenvalue weighted by atomic mass is 35.5. The van der Waals surface area contributed by atoms with Crippen molar-refractivity contribution < 1.29 is 14.6 Å². The summed E-state index contributed by atoms with van der Waals surface area (Å²) < 4.78 is 5.87. The molecule has 1 aromatic heterocycles. The first-order chi connectivity index (χ1) is 17.6. The number of rotatable bonds is 4. The van der Waals surface area contributed by atoms with E-state index in [1.807, 2.05) is 74.5 Å². The van der Waals surface area contributed by atoms with E-state index >= 15 is 0 Å². The molecule has 4 aromatic carbocycles. The number of nitrogens with one attached hydrogen (secondary N) is 1. The topological polar surface area (TPSA) is 62.3 Å². The average Bonchev–Trinajstić information content (AvgIpc) is 3.25. The van der Waals surface area contributed by atoms with Crippen molar-refractivity contribution in [3.63, 3.8) is 0 Å². The minimum atomic E-state index is -0.610. The van der Waals surface area contributed by atoms with Crippen molar-refractivity contribution in [3.8, 4) is 22.6 Å². The fourth-order valence-electron chi connectivity index (χ4n) is 4.97. The molecule has 0 aliphatic carbocycles. The van der Waals surface area contributed by atoms with E-state index in [0.717, 1.165) is 38.5 Å². The maximum Gasteiger partial charge on any atom is 0.347 e. The summed E-state index contributed by atoms with van der Waals surface area (Å²) in [6, 6.07) is 22.6. The molecule has 0 atom stereocenters. The number of hydrogen-bond acceptors (Lipinski definition) is 3. The Bertz CT molecular complexity index is 1660. The molecule has 5 aromatic rings. The second-order valence-electron chi connectivity index (χ2n) is 10.7. The first kappa shape index (κ1) is 24.9. The normalized spacial score (nSPS) is 12.0. The molecule has 2 N–H and O–H groups in total. The van der Waals surface area contributed by atoms with E-state index in [4.69, 9.17) is 16.3 Å². The molecule has 0 unspecified atom stereocenters. The van der Waals surface area contributed by atoms with Crippen molar-refractivity contribution in [2.24, 2.45) is 0 Å². The second kappa shape index (κ2) is 9.28. The molecule has 1 heterocycles. The monoisotopic (exact) mass is 511 g/mol. The number of aromatic nitrogens is 1. The van der Waals surface area contributed by atoms with E-state index in [1.54, 1.807) is 12.1 Å². The smallest absolute Gasteiger partial charge is 0.347 e. The van der Waals surface area contributed by atoms with Gasteiger partial charge in [-0.1, -0.05) is 94.8 Å². The van der Waals surface area contributed by atoms with Gasteiger partial charge in [0.15, 0.2) is 0 Å². The van der Waals surface area contributed by atoms with Gasteiger partial charge in [0.25, 0.3) is 0 Å². The largest absolute Gasteiger partial charge is 0.506 e. The number of benzene rings is 4. The van der Waals surface area contributed by atoms with Gasteiger partial charge in [-0.25, -0.2) is 4.79 Å². The van der Waals surface area contributed by atoms with Gasteiger partial charge in [-0.3, -0.25) is 0 Å². The van der Waals surface area contributed by atoms with Gasteiger partial charge >= 0.3 is 5.97 Å². The van der Waals surface area contributed by atoms with Crippen molar-refractivity contribution in [1.82, 2.24) is 4.98 Å². The molecule has 0 aliphatic rings. The zero-order valence-electron chi connectivity index (χ0n) is 21.6. The number of fused-ring (bicyclic) bond motifs is 2. The summed E-state index contributed by atoms with van der Waals surface area (Å²) in [7, 11) is 0. The molecule has 0 spiro atoms. The summed E-state index contributed by atoms with van der Waals surface area (Å²) in [5, 5.41) is 14.8. The summed E-state index contributed by atoms with van der Waals surface area (Å²) in [6.45, 7) is 10.4. The van der Waals surface area contributed by atoms with E-state index < -0.39 is 5.97 Å². The molecule has 0 amide bonds. The zero-order valence-corrected chi connectivity index (χ0v) is 22.4. The highest BCUT2D eigenvalue weighted by Crippen LogP contribution is 2.48. The third kappa shape index (κ3) is 4.36. The Labute approximate surface area is 221 Å². The molecule has 188 valence electrons. The molecule has 0 radical (unpaired) electrons. The minimum Gasteiger partial charge on any atom is -0.506 e. The number of hydrogen-bond donors (Lipinski definition) is 2. The standard InChI is InChI=1S/C32H30ClNO3/c1-18(2)20-12-8-9-16-25(20)37-31(36)22-17-19-11-6-7-13-21(19)26(29(22)35)28-27-23(33)14-10-15-24(27)34-30(28)32(3,4)5/h6-18,34-35H,1-5H3. The lowest BCUT2D eigenvalue weighted by molar-refractivity contribution is 0.0730. The van der Waals surface area contributed by atoms with Crippen LogP contribution >= 0.6 is 11.6 Å². The van der Waals surface area contributed by atoms with E-state index in [2.05, 4.69) is 25.8 Å². The molecule has 5 heteroatoms. The number of phenolic OH excluding ortho intramolecular Hbond substituents is 1. The van der Waals surface area contributed by atoms with Gasteiger partial charge < -0.3 is 14.8 Å². The van der Waals surface area contributed by atoms with Crippen LogP contribution in [0.3, 0.4) is 0 Å². The molecule has 0 aliphatic heterocycles. The predicted octanol–water partition coefficient (Wildman–Crippen LogP) is 8.99. The average molecular weight is 512 g/mol. The number of H-pyrrole nitrogens is 1. The fraction of sp³-hybridized carbons (Fsp3) is 0.219. The van der Waals surface area contributed by atoms with Crippen molar-refractivity contribution in [2.75, 3.05) is 0 Å². The molecule has 0 fully saturated rings. The Hall–Kier alpha value is -3.76. The number of aromatic amines is 1. The number of carbonyl (C=O) groups is 1. The lowest BCUT2D eigenvalue weighted by atomic mass is 9.84. The molecule has 37 heavy (non-hydrogen) atoms. The Balaban J connectivity index is 1.80. The summed E-state index contributed by atoms with van der Waals surface area (Å²) in [4.78, 5) is 17.1. The van der Waals surface area contributed by atoms with Crippen LogP contribution in [0.1, 0.15) is 62.2 Å². The minimum absolute atomic E-state index is 0.105. The molecule has 0 saturated carbocycles. The van der Waals surface area contributed by atoms with Crippen LogP contribution in [0.5, 0.6) is 11.5 Å². The van der Waals surface area contributed by atoms with E-state index in [0.29, 0.717) is 16.3 Å². The number of carbonyl (C=O) groups excluding carboxylic acids is 1. The number of phenols is 1. The number of halogens is 1. The highest BCUT2D eigenvalue weighted by molar-refractivity contribution is 6.37. The van der Waals surface area contributed by atoms with Crippen LogP contribution < -0.4 is 4.74 Å². The van der Waals surface area contributed by atoms with Crippen LogP contribution in [0.15, 0.2) is 72.8 Å². The number of esters is 1. The van der Waals surface area contributed by atoms with Crippen LogP contribution in [0.25, 0.3) is 32.8 Å². The second-order valence-corrected chi connectivity index (χ2v) is 11.1. The van der Waals surface area contributed by atoms with Crippen LogP contribution in [0.4, 0.5) is 0 Å². The molecular weight excluding hydrogens is 482 g/mol. The Morgan fingerprint density at radius 1 is 0.946 bits per heavy atom. The van der Waals surface area contributed by atoms with Crippen LogP contribution in [0, 0.1) is 0 Å². The molecule has 0 saturated heterocycles. The number of ether oxygens (including phenoxy) is 1. The fourth-order valence-corrected chi connectivity index (χ4v) is 5.24. The summed E-state index contributed by atoms with van der Waals surface area (Å²) >= 11 is 6.74. The van der Waals surface area contributed by atoms with Crippen molar-refractivity contribution >= 4 is 39.2 Å². The first-order valence-corrected chi connectivity index (χ1v) is 12.8. The third-order valence-corrected chi connectivity index (χ3v) is 7.07. The maximum atomic E-state index is 13.6. The lowest BCUT2D eigenvalue weighted by Gasteiger charge is -2.22. The molecular formula is C32H30ClNO3. The van der Waals surface area contributed by atoms with Crippen LogP contribution in [0.2, 0.25) is 5.02 Å². The van der Waals surface area contributed by atoms with Crippen molar-refractivity contribution in [2.45, 2.75) is 46.0 Å². The third-order valence-electron chi connectivity index (χ3n) is 6.76. The van der Waals surface area contributed by atoms with Crippen molar-refractivity contribution in [1.29, 1.82) is 0 Å². The first-order valence-electron chi connectivity index (χ1n) is 12.4. The van der Waals surface area contributed by atoms with Gasteiger partial charge in [0.1, 0.15) is 17.1 Å². The van der Waals surface area contributed by atoms with Crippen molar-refractivity contribution in [3.05, 3.63) is 94.6 Å². The summed E-state index contributed by atoms with van der Waals surface area (Å²) in [6.07, 6.45) is 0. The lowest BCUT2D eigenvalue weighted by Crippen LogP contribution is -2.14. The van der Waals surface area contributed by atoms with Gasteiger partial charge in [-0.15, -0.1) is 0 Å². The Morgan fingerprint density at radius 2 is 1.65 bits per heavy atom. The highest BCUT2D eigenvalue weighted by Gasteiger charge is 2.30. The van der Waals surface area contributed by atoms with Crippen LogP contribution in [-0.4, -0.2) is 16.1 Å². The van der Waals surface area contributed by atoms with Gasteiger partial charge in [0.2, 0.25) is 0 Å². The van der Waals surface area contributed by atoms with E-state index in [1.165, 1.54) is 0 Å². The SMILES string of the molecule is CC(C)c1ccccc1OC(=O)c1cc2ccccc2c(-c2c(C(C)(C)C)[nH]c3cccc(Cl)c23)c1O. The number of para-hydroxylation sites is 1.